The Hall–Kier alpha value is -2.34. The highest BCUT2D eigenvalue weighted by atomic mass is 32.1. The molecular weight excluding hydrogens is 338 g/mol. The summed E-state index contributed by atoms with van der Waals surface area (Å²) in [6.07, 6.45) is 2.61. The molecule has 1 aliphatic rings. The Balaban J connectivity index is 1.70. The number of benzene rings is 1. The highest BCUT2D eigenvalue weighted by molar-refractivity contribution is 7.17. The summed E-state index contributed by atoms with van der Waals surface area (Å²) < 4.78 is 5.46. The van der Waals surface area contributed by atoms with E-state index in [4.69, 9.17) is 4.74 Å². The molecule has 1 aromatic carbocycles. The maximum atomic E-state index is 12.2. The Bertz CT molecular complexity index is 795. The summed E-state index contributed by atoms with van der Waals surface area (Å²) in [6.45, 7) is 3.99. The lowest BCUT2D eigenvalue weighted by atomic mass is 9.88. The van der Waals surface area contributed by atoms with Gasteiger partial charge in [0.2, 0.25) is 0 Å². The molecule has 0 bridgehead atoms. The number of carbonyl (C=O) groups is 2. The van der Waals surface area contributed by atoms with E-state index in [0.717, 1.165) is 35.3 Å². The molecule has 3 rings (SSSR count). The molecular formula is C19H21NO4S. The normalized spacial score (nSPS) is 16.2. The monoisotopic (exact) mass is 359 g/mol. The van der Waals surface area contributed by atoms with Crippen LogP contribution >= 0.6 is 11.3 Å². The number of aromatic carboxylic acids is 1. The van der Waals surface area contributed by atoms with Gasteiger partial charge in [-0.25, -0.2) is 4.79 Å². The average molecular weight is 359 g/mol. The van der Waals surface area contributed by atoms with Gasteiger partial charge in [0.1, 0.15) is 10.8 Å². The van der Waals surface area contributed by atoms with Crippen molar-refractivity contribution in [3.05, 3.63) is 45.8 Å². The van der Waals surface area contributed by atoms with E-state index in [1.54, 1.807) is 12.1 Å². The van der Waals surface area contributed by atoms with Crippen LogP contribution in [0.1, 0.15) is 39.7 Å². The Labute approximate surface area is 150 Å². The van der Waals surface area contributed by atoms with Gasteiger partial charge in [0, 0.05) is 4.88 Å². The molecule has 1 heterocycles. The Morgan fingerprint density at radius 1 is 1.32 bits per heavy atom. The number of hydrogen-bond acceptors (Lipinski definition) is 4. The third kappa shape index (κ3) is 4.02. The lowest BCUT2D eigenvalue weighted by molar-refractivity contribution is -0.118. The van der Waals surface area contributed by atoms with Crippen molar-refractivity contribution in [2.45, 2.75) is 33.1 Å². The quantitative estimate of drug-likeness (QED) is 0.849. The van der Waals surface area contributed by atoms with Crippen LogP contribution < -0.4 is 10.1 Å². The Morgan fingerprint density at radius 2 is 2.04 bits per heavy atom. The van der Waals surface area contributed by atoms with Gasteiger partial charge in [-0.1, -0.05) is 24.6 Å². The predicted octanol–water partition coefficient (Wildman–Crippen LogP) is 3.90. The first-order chi connectivity index (χ1) is 11.9. The third-order valence-corrected chi connectivity index (χ3v) is 5.54. The van der Waals surface area contributed by atoms with E-state index in [2.05, 4.69) is 12.2 Å². The SMILES string of the molecule is Cc1ccc(OCC(=O)Nc2sc3c(c2C(=O)O)CCC(C)C3)cc1. The molecule has 1 atom stereocenters. The van der Waals surface area contributed by atoms with E-state index >= 15 is 0 Å². The molecule has 2 aromatic rings. The average Bonchev–Trinajstić information content (AvgIpc) is 2.91. The van der Waals surface area contributed by atoms with Gasteiger partial charge in [-0.15, -0.1) is 11.3 Å². The number of thiophene rings is 1. The van der Waals surface area contributed by atoms with Crippen molar-refractivity contribution < 1.29 is 19.4 Å². The van der Waals surface area contributed by atoms with Crippen molar-refractivity contribution in [1.29, 1.82) is 0 Å². The number of hydrogen-bond donors (Lipinski definition) is 2. The van der Waals surface area contributed by atoms with Gasteiger partial charge in [-0.05, 0) is 49.8 Å². The zero-order chi connectivity index (χ0) is 18.0. The standard InChI is InChI=1S/C19H21NO4S/c1-11-3-6-13(7-4-11)24-10-16(21)20-18-17(19(22)23)14-8-5-12(2)9-15(14)25-18/h3-4,6-7,12H,5,8-10H2,1-2H3,(H,20,21)(H,22,23). The highest BCUT2D eigenvalue weighted by Crippen LogP contribution is 2.39. The van der Waals surface area contributed by atoms with Crippen LogP contribution in [0.4, 0.5) is 5.00 Å². The molecule has 1 aromatic heterocycles. The number of amides is 1. The number of fused-ring (bicyclic) bond motifs is 1. The van der Waals surface area contributed by atoms with Crippen LogP contribution in [0, 0.1) is 12.8 Å². The second-order valence-electron chi connectivity index (χ2n) is 6.51. The molecule has 132 valence electrons. The van der Waals surface area contributed by atoms with Crippen LogP contribution in [0.5, 0.6) is 5.75 Å². The summed E-state index contributed by atoms with van der Waals surface area (Å²) in [6, 6.07) is 7.42. The number of rotatable bonds is 5. The summed E-state index contributed by atoms with van der Waals surface area (Å²) in [5, 5.41) is 12.7. The van der Waals surface area contributed by atoms with Crippen molar-refractivity contribution in [1.82, 2.24) is 0 Å². The Kier molecular flexibility index (Phi) is 5.08. The summed E-state index contributed by atoms with van der Waals surface area (Å²) in [5.41, 5.74) is 2.24. The molecule has 0 saturated carbocycles. The molecule has 1 amide bonds. The van der Waals surface area contributed by atoms with Crippen LogP contribution in [0.15, 0.2) is 24.3 Å². The molecule has 6 heteroatoms. The largest absolute Gasteiger partial charge is 0.484 e. The second kappa shape index (κ2) is 7.27. The predicted molar refractivity (Wildman–Crippen MR) is 97.8 cm³/mol. The van der Waals surface area contributed by atoms with Gasteiger partial charge in [0.05, 0.1) is 5.56 Å². The van der Waals surface area contributed by atoms with Crippen molar-refractivity contribution in [3.63, 3.8) is 0 Å². The lowest BCUT2D eigenvalue weighted by Gasteiger charge is -2.17. The number of ether oxygens (including phenoxy) is 1. The summed E-state index contributed by atoms with van der Waals surface area (Å²) in [7, 11) is 0. The van der Waals surface area contributed by atoms with E-state index in [9.17, 15) is 14.7 Å². The number of nitrogens with one attached hydrogen (secondary N) is 1. The molecule has 1 unspecified atom stereocenters. The first kappa shape index (κ1) is 17.5. The zero-order valence-electron chi connectivity index (χ0n) is 14.3. The van der Waals surface area contributed by atoms with Crippen LogP contribution in [-0.4, -0.2) is 23.6 Å². The topological polar surface area (TPSA) is 75.6 Å². The molecule has 1 aliphatic carbocycles. The maximum absolute atomic E-state index is 12.2. The fourth-order valence-corrected chi connectivity index (χ4v) is 4.43. The minimum Gasteiger partial charge on any atom is -0.484 e. The van der Waals surface area contributed by atoms with Crippen molar-refractivity contribution in [2.75, 3.05) is 11.9 Å². The molecule has 0 fully saturated rings. The summed E-state index contributed by atoms with van der Waals surface area (Å²) >= 11 is 1.38. The summed E-state index contributed by atoms with van der Waals surface area (Å²) in [4.78, 5) is 24.9. The van der Waals surface area contributed by atoms with Gasteiger partial charge >= 0.3 is 5.97 Å². The highest BCUT2D eigenvalue weighted by Gasteiger charge is 2.28. The smallest absolute Gasteiger partial charge is 0.339 e. The van der Waals surface area contributed by atoms with E-state index < -0.39 is 5.97 Å². The van der Waals surface area contributed by atoms with Gasteiger partial charge in [0.15, 0.2) is 6.61 Å². The number of carboxylic acids is 1. The molecule has 0 aliphatic heterocycles. The third-order valence-electron chi connectivity index (χ3n) is 4.37. The van der Waals surface area contributed by atoms with Crippen molar-refractivity contribution in [3.8, 4) is 5.75 Å². The van der Waals surface area contributed by atoms with Crippen LogP contribution in [0.3, 0.4) is 0 Å². The first-order valence-electron chi connectivity index (χ1n) is 8.31. The maximum Gasteiger partial charge on any atom is 0.339 e. The van der Waals surface area contributed by atoms with E-state index in [-0.39, 0.29) is 18.1 Å². The molecule has 25 heavy (non-hydrogen) atoms. The molecule has 2 N–H and O–H groups in total. The minimum atomic E-state index is -0.984. The van der Waals surface area contributed by atoms with Gasteiger partial charge in [-0.3, -0.25) is 4.79 Å². The lowest BCUT2D eigenvalue weighted by Crippen LogP contribution is -2.21. The van der Waals surface area contributed by atoms with Crippen LogP contribution in [0.25, 0.3) is 0 Å². The fourth-order valence-electron chi connectivity index (χ4n) is 3.01. The first-order valence-corrected chi connectivity index (χ1v) is 9.13. The second-order valence-corrected chi connectivity index (χ2v) is 7.62. The Morgan fingerprint density at radius 3 is 2.72 bits per heavy atom. The van der Waals surface area contributed by atoms with Crippen molar-refractivity contribution in [2.24, 2.45) is 5.92 Å². The van der Waals surface area contributed by atoms with E-state index in [1.807, 2.05) is 19.1 Å². The fraction of sp³-hybridized carbons (Fsp3) is 0.368. The van der Waals surface area contributed by atoms with Crippen molar-refractivity contribution >= 4 is 28.2 Å². The van der Waals surface area contributed by atoms with Crippen LogP contribution in [-0.2, 0) is 17.6 Å². The molecule has 5 nitrogen and oxygen atoms in total. The zero-order valence-corrected chi connectivity index (χ0v) is 15.1. The van der Waals surface area contributed by atoms with E-state index in [0.29, 0.717) is 16.7 Å². The van der Waals surface area contributed by atoms with E-state index in [1.165, 1.54) is 11.3 Å². The number of carboxylic acid groups (broad SMARTS) is 1. The van der Waals surface area contributed by atoms with Crippen LogP contribution in [0.2, 0.25) is 0 Å². The van der Waals surface area contributed by atoms with Gasteiger partial charge in [0.25, 0.3) is 5.91 Å². The number of anilines is 1. The number of carbonyl (C=O) groups excluding carboxylic acids is 1. The van der Waals surface area contributed by atoms with Gasteiger partial charge in [-0.2, -0.15) is 0 Å². The van der Waals surface area contributed by atoms with Gasteiger partial charge < -0.3 is 15.2 Å². The molecule has 0 radical (unpaired) electrons. The number of aryl methyl sites for hydroxylation is 1. The summed E-state index contributed by atoms with van der Waals surface area (Å²) in [5.74, 6) is -0.184. The molecule has 0 spiro atoms. The minimum absolute atomic E-state index is 0.152. The molecule has 0 saturated heterocycles.